The molecule has 19 heavy (non-hydrogen) atoms. The lowest BCUT2D eigenvalue weighted by molar-refractivity contribution is -0.117. The fraction of sp³-hybridized carbons (Fsp3) is 0.250. The maximum absolute atomic E-state index is 11.0. The number of nitriles is 1. The molecule has 0 heterocycles. The van der Waals surface area contributed by atoms with Gasteiger partial charge in [-0.15, -0.1) is 0 Å². The van der Waals surface area contributed by atoms with Crippen LogP contribution in [0.4, 0.5) is 5.69 Å². The monoisotopic (exact) mass is 262 g/mol. The van der Waals surface area contributed by atoms with Gasteiger partial charge in [0, 0.05) is 0 Å². The van der Waals surface area contributed by atoms with Gasteiger partial charge < -0.3 is 21.5 Å². The number of aliphatic hydroxyl groups excluding tert-OH is 1. The number of aliphatic hydroxyl groups is 1. The first-order valence-corrected chi connectivity index (χ1v) is 5.43. The Morgan fingerprint density at radius 1 is 1.26 bits per heavy atom. The summed E-state index contributed by atoms with van der Waals surface area (Å²) in [6, 6.07) is 6.54. The highest BCUT2D eigenvalue weighted by atomic mass is 16.3. The Labute approximate surface area is 110 Å². The minimum atomic E-state index is -0.642. The molecule has 0 aliphatic carbocycles. The molecule has 5 N–H and O–H groups in total. The maximum atomic E-state index is 11.0. The first-order valence-electron chi connectivity index (χ1n) is 5.43. The fourth-order valence-corrected chi connectivity index (χ4v) is 1.65. The number of hydrogen-bond acceptors (Lipinski definition) is 5. The van der Waals surface area contributed by atoms with Crippen LogP contribution in [-0.4, -0.2) is 30.0 Å². The fourth-order valence-electron chi connectivity index (χ4n) is 1.65. The number of amides is 2. The van der Waals surface area contributed by atoms with Gasteiger partial charge in [-0.1, -0.05) is 6.07 Å². The van der Waals surface area contributed by atoms with E-state index in [-0.39, 0.29) is 25.3 Å². The molecule has 0 atom stereocenters. The Morgan fingerprint density at radius 2 is 1.84 bits per heavy atom. The second-order valence-electron chi connectivity index (χ2n) is 3.91. The van der Waals surface area contributed by atoms with Crippen LogP contribution < -0.4 is 16.4 Å². The molecule has 0 saturated heterocycles. The SMILES string of the molecule is N#Cc1cc(CO)ccc1N(CC(N)=O)CC(N)=O. The molecule has 0 fully saturated rings. The van der Waals surface area contributed by atoms with Crippen LogP contribution in [0.15, 0.2) is 18.2 Å². The summed E-state index contributed by atoms with van der Waals surface area (Å²) in [6.07, 6.45) is 0. The molecule has 7 nitrogen and oxygen atoms in total. The highest BCUT2D eigenvalue weighted by molar-refractivity contribution is 5.85. The molecule has 0 saturated carbocycles. The molecule has 0 bridgehead atoms. The average Bonchev–Trinajstić information content (AvgIpc) is 2.36. The van der Waals surface area contributed by atoms with Crippen molar-refractivity contribution in [3.05, 3.63) is 29.3 Å². The van der Waals surface area contributed by atoms with Crippen LogP contribution in [0.25, 0.3) is 0 Å². The predicted octanol–water partition coefficient (Wildman–Crippen LogP) is -1.17. The Morgan fingerprint density at radius 3 is 2.26 bits per heavy atom. The summed E-state index contributed by atoms with van der Waals surface area (Å²) in [7, 11) is 0. The summed E-state index contributed by atoms with van der Waals surface area (Å²) < 4.78 is 0. The lowest BCUT2D eigenvalue weighted by atomic mass is 10.1. The molecule has 0 aliphatic heterocycles. The van der Waals surface area contributed by atoms with Crippen LogP contribution in [-0.2, 0) is 16.2 Å². The van der Waals surface area contributed by atoms with Crippen molar-refractivity contribution >= 4 is 17.5 Å². The van der Waals surface area contributed by atoms with Gasteiger partial charge in [0.25, 0.3) is 0 Å². The molecule has 0 radical (unpaired) electrons. The van der Waals surface area contributed by atoms with Gasteiger partial charge in [-0.3, -0.25) is 9.59 Å². The predicted molar refractivity (Wildman–Crippen MR) is 67.7 cm³/mol. The Hall–Kier alpha value is -2.59. The van der Waals surface area contributed by atoms with Crippen molar-refractivity contribution in [2.24, 2.45) is 11.5 Å². The molecule has 1 rings (SSSR count). The van der Waals surface area contributed by atoms with Crippen molar-refractivity contribution in [1.29, 1.82) is 5.26 Å². The molecular weight excluding hydrogens is 248 g/mol. The molecular formula is C12H14N4O3. The van der Waals surface area contributed by atoms with E-state index in [1.165, 1.54) is 17.0 Å². The highest BCUT2D eigenvalue weighted by Gasteiger charge is 2.16. The first-order chi connectivity index (χ1) is 8.97. The number of hydrogen-bond donors (Lipinski definition) is 3. The summed E-state index contributed by atoms with van der Waals surface area (Å²) in [5.74, 6) is -1.28. The van der Waals surface area contributed by atoms with E-state index in [0.29, 0.717) is 11.3 Å². The van der Waals surface area contributed by atoms with Gasteiger partial charge in [0.05, 0.1) is 30.9 Å². The third-order valence-corrected chi connectivity index (χ3v) is 2.40. The van der Waals surface area contributed by atoms with Gasteiger partial charge >= 0.3 is 0 Å². The van der Waals surface area contributed by atoms with Crippen LogP contribution in [0, 0.1) is 11.3 Å². The molecule has 100 valence electrons. The summed E-state index contributed by atoms with van der Waals surface area (Å²) in [4.78, 5) is 23.3. The van der Waals surface area contributed by atoms with Crippen LogP contribution in [0.5, 0.6) is 0 Å². The van der Waals surface area contributed by atoms with Crippen molar-refractivity contribution in [1.82, 2.24) is 0 Å². The molecule has 0 aromatic heterocycles. The molecule has 1 aromatic carbocycles. The normalized spacial score (nSPS) is 9.68. The average molecular weight is 262 g/mol. The van der Waals surface area contributed by atoms with E-state index in [2.05, 4.69) is 0 Å². The number of anilines is 1. The second kappa shape index (κ2) is 6.37. The smallest absolute Gasteiger partial charge is 0.236 e. The van der Waals surface area contributed by atoms with E-state index < -0.39 is 11.8 Å². The topological polar surface area (TPSA) is 133 Å². The van der Waals surface area contributed by atoms with E-state index in [0.717, 1.165) is 0 Å². The van der Waals surface area contributed by atoms with Crippen LogP contribution in [0.1, 0.15) is 11.1 Å². The summed E-state index contributed by atoms with van der Waals surface area (Å²) >= 11 is 0. The van der Waals surface area contributed by atoms with Gasteiger partial charge in [0.2, 0.25) is 11.8 Å². The van der Waals surface area contributed by atoms with Gasteiger partial charge in [0.15, 0.2) is 0 Å². The van der Waals surface area contributed by atoms with Crippen molar-refractivity contribution in [3.63, 3.8) is 0 Å². The van der Waals surface area contributed by atoms with E-state index in [9.17, 15) is 9.59 Å². The second-order valence-corrected chi connectivity index (χ2v) is 3.91. The van der Waals surface area contributed by atoms with E-state index >= 15 is 0 Å². The first kappa shape index (κ1) is 14.5. The molecule has 7 heteroatoms. The largest absolute Gasteiger partial charge is 0.392 e. The van der Waals surface area contributed by atoms with Gasteiger partial charge in [-0.2, -0.15) is 5.26 Å². The van der Waals surface area contributed by atoms with Crippen LogP contribution in [0.3, 0.4) is 0 Å². The molecule has 1 aromatic rings. The van der Waals surface area contributed by atoms with Gasteiger partial charge in [-0.25, -0.2) is 0 Å². The zero-order valence-electron chi connectivity index (χ0n) is 10.2. The minimum absolute atomic E-state index is 0.208. The van der Waals surface area contributed by atoms with Crippen molar-refractivity contribution in [2.75, 3.05) is 18.0 Å². The van der Waals surface area contributed by atoms with Crippen molar-refractivity contribution < 1.29 is 14.7 Å². The van der Waals surface area contributed by atoms with Crippen molar-refractivity contribution in [3.8, 4) is 6.07 Å². The number of primary amides is 2. The molecule has 0 unspecified atom stereocenters. The number of rotatable bonds is 6. The summed E-state index contributed by atoms with van der Waals surface area (Å²) in [5, 5.41) is 18.1. The summed E-state index contributed by atoms with van der Waals surface area (Å²) in [6.45, 7) is -0.660. The zero-order chi connectivity index (χ0) is 14.4. The molecule has 0 spiro atoms. The van der Waals surface area contributed by atoms with E-state index in [1.54, 1.807) is 6.07 Å². The number of benzene rings is 1. The third-order valence-electron chi connectivity index (χ3n) is 2.40. The van der Waals surface area contributed by atoms with Crippen LogP contribution >= 0.6 is 0 Å². The number of carbonyl (C=O) groups is 2. The number of nitrogens with zero attached hydrogens (tertiary/aromatic N) is 2. The molecule has 2 amide bonds. The third kappa shape index (κ3) is 3.97. The standard InChI is InChI=1S/C12H14N4O3/c13-4-9-3-8(7-17)1-2-10(9)16(5-11(14)18)6-12(15)19/h1-3,17H,5-7H2,(H2,14,18)(H2,15,19). The number of nitrogens with two attached hydrogens (primary N) is 2. The maximum Gasteiger partial charge on any atom is 0.236 e. The van der Waals surface area contributed by atoms with Gasteiger partial charge in [0.1, 0.15) is 6.07 Å². The minimum Gasteiger partial charge on any atom is -0.392 e. The Balaban J connectivity index is 3.17. The zero-order valence-corrected chi connectivity index (χ0v) is 10.2. The van der Waals surface area contributed by atoms with Crippen molar-refractivity contribution in [2.45, 2.75) is 6.61 Å². The van der Waals surface area contributed by atoms with E-state index in [1.807, 2.05) is 6.07 Å². The molecule has 0 aliphatic rings. The Kier molecular flexibility index (Phi) is 4.85. The number of carbonyl (C=O) groups excluding carboxylic acids is 2. The van der Waals surface area contributed by atoms with Crippen LogP contribution in [0.2, 0.25) is 0 Å². The highest BCUT2D eigenvalue weighted by Crippen LogP contribution is 2.21. The van der Waals surface area contributed by atoms with E-state index in [4.69, 9.17) is 21.8 Å². The quantitative estimate of drug-likeness (QED) is 0.593. The lowest BCUT2D eigenvalue weighted by Crippen LogP contribution is -2.40. The van der Waals surface area contributed by atoms with Gasteiger partial charge in [-0.05, 0) is 17.7 Å². The Bertz CT molecular complexity index is 520. The summed E-state index contributed by atoms with van der Waals surface area (Å²) in [5.41, 5.74) is 11.4. The lowest BCUT2D eigenvalue weighted by Gasteiger charge is -2.23.